The molecule has 0 bridgehead atoms. The van der Waals surface area contributed by atoms with E-state index >= 15 is 0 Å². The van der Waals surface area contributed by atoms with Crippen molar-refractivity contribution in [1.29, 1.82) is 0 Å². The Hall–Kier alpha value is -1.40. The van der Waals surface area contributed by atoms with Gasteiger partial charge in [-0.1, -0.05) is 0 Å². The summed E-state index contributed by atoms with van der Waals surface area (Å²) in [7, 11) is 0. The number of hydrogen-bond acceptors (Lipinski definition) is 5. The fraction of sp³-hybridized carbons (Fsp3) is 0.733. The maximum absolute atomic E-state index is 11.8. The monoisotopic (exact) mass is 292 g/mol. The number of carbonyl (C=O) groups is 1. The summed E-state index contributed by atoms with van der Waals surface area (Å²) < 4.78 is 7.44. The van der Waals surface area contributed by atoms with Crippen molar-refractivity contribution in [3.8, 4) is 0 Å². The van der Waals surface area contributed by atoms with Crippen molar-refractivity contribution in [3.63, 3.8) is 0 Å². The highest BCUT2D eigenvalue weighted by Gasteiger charge is 2.37. The number of ether oxygens (including phenoxy) is 1. The molecule has 1 aromatic rings. The standard InChI is InChI=1S/C15H24N4O2/c1-3-18-5-4-16-14(18)11-17-6-8-19(9-7-17)13-10-12(2)21-15(13)20/h4-5,12-13H,3,6-11H2,1-2H3. The van der Waals surface area contributed by atoms with Crippen LogP contribution in [0.4, 0.5) is 0 Å². The lowest BCUT2D eigenvalue weighted by atomic mass is 10.1. The molecule has 0 spiro atoms. The molecule has 0 saturated carbocycles. The van der Waals surface area contributed by atoms with Gasteiger partial charge in [0.15, 0.2) is 0 Å². The molecule has 3 heterocycles. The first-order chi connectivity index (χ1) is 10.2. The largest absolute Gasteiger partial charge is 0.461 e. The predicted octanol–water partition coefficient (Wildman–Crippen LogP) is 0.725. The van der Waals surface area contributed by atoms with Crippen LogP contribution in [-0.2, 0) is 22.6 Å². The zero-order chi connectivity index (χ0) is 14.8. The Kier molecular flexibility index (Phi) is 4.26. The number of imidazole rings is 1. The smallest absolute Gasteiger partial charge is 0.323 e. The maximum Gasteiger partial charge on any atom is 0.323 e. The van der Waals surface area contributed by atoms with Gasteiger partial charge < -0.3 is 9.30 Å². The summed E-state index contributed by atoms with van der Waals surface area (Å²) in [6.45, 7) is 9.78. The van der Waals surface area contributed by atoms with Crippen LogP contribution in [0.5, 0.6) is 0 Å². The van der Waals surface area contributed by atoms with Gasteiger partial charge in [0.2, 0.25) is 0 Å². The zero-order valence-electron chi connectivity index (χ0n) is 12.9. The van der Waals surface area contributed by atoms with Gasteiger partial charge in [-0.3, -0.25) is 14.6 Å². The zero-order valence-corrected chi connectivity index (χ0v) is 12.9. The van der Waals surface area contributed by atoms with Gasteiger partial charge in [0.05, 0.1) is 6.54 Å². The minimum Gasteiger partial charge on any atom is -0.461 e. The molecule has 1 aromatic heterocycles. The Morgan fingerprint density at radius 2 is 2.10 bits per heavy atom. The van der Waals surface area contributed by atoms with E-state index in [2.05, 4.69) is 26.3 Å². The Morgan fingerprint density at radius 1 is 1.33 bits per heavy atom. The van der Waals surface area contributed by atoms with Crippen LogP contribution in [0.15, 0.2) is 12.4 Å². The van der Waals surface area contributed by atoms with Gasteiger partial charge >= 0.3 is 5.97 Å². The number of aryl methyl sites for hydroxylation is 1. The van der Waals surface area contributed by atoms with Crippen molar-refractivity contribution >= 4 is 5.97 Å². The topological polar surface area (TPSA) is 50.6 Å². The van der Waals surface area contributed by atoms with E-state index < -0.39 is 0 Å². The molecular weight excluding hydrogens is 268 g/mol. The molecule has 0 radical (unpaired) electrons. The highest BCUT2D eigenvalue weighted by Crippen LogP contribution is 2.21. The van der Waals surface area contributed by atoms with Crippen molar-refractivity contribution < 1.29 is 9.53 Å². The number of piperazine rings is 1. The average molecular weight is 292 g/mol. The molecule has 116 valence electrons. The number of hydrogen-bond donors (Lipinski definition) is 0. The maximum atomic E-state index is 11.8. The Balaban J connectivity index is 1.52. The molecule has 21 heavy (non-hydrogen) atoms. The lowest BCUT2D eigenvalue weighted by Crippen LogP contribution is -2.51. The second kappa shape index (κ2) is 6.15. The number of cyclic esters (lactones) is 1. The van der Waals surface area contributed by atoms with Crippen LogP contribution in [0, 0.1) is 0 Å². The molecule has 6 nitrogen and oxygen atoms in total. The summed E-state index contributed by atoms with van der Waals surface area (Å²) in [6, 6.07) is -0.0280. The third-order valence-electron chi connectivity index (χ3n) is 4.50. The summed E-state index contributed by atoms with van der Waals surface area (Å²) in [5, 5.41) is 0. The molecule has 0 aliphatic carbocycles. The van der Waals surface area contributed by atoms with Crippen molar-refractivity contribution in [1.82, 2.24) is 19.4 Å². The molecule has 2 atom stereocenters. The highest BCUT2D eigenvalue weighted by atomic mass is 16.6. The molecule has 6 heteroatoms. The fourth-order valence-corrected chi connectivity index (χ4v) is 3.25. The fourth-order valence-electron chi connectivity index (χ4n) is 3.25. The normalized spacial score (nSPS) is 28.0. The summed E-state index contributed by atoms with van der Waals surface area (Å²) >= 11 is 0. The van der Waals surface area contributed by atoms with E-state index in [1.165, 1.54) is 0 Å². The summed E-state index contributed by atoms with van der Waals surface area (Å²) in [5.41, 5.74) is 0. The van der Waals surface area contributed by atoms with Crippen LogP contribution in [0.3, 0.4) is 0 Å². The van der Waals surface area contributed by atoms with Crippen LogP contribution in [0.25, 0.3) is 0 Å². The average Bonchev–Trinajstić information content (AvgIpc) is 3.06. The van der Waals surface area contributed by atoms with E-state index in [0.717, 1.165) is 51.5 Å². The van der Waals surface area contributed by atoms with Gasteiger partial charge in [-0.25, -0.2) is 4.98 Å². The molecule has 2 unspecified atom stereocenters. The van der Waals surface area contributed by atoms with Crippen LogP contribution < -0.4 is 0 Å². The lowest BCUT2D eigenvalue weighted by Gasteiger charge is -2.36. The van der Waals surface area contributed by atoms with E-state index in [-0.39, 0.29) is 18.1 Å². The first-order valence-electron chi connectivity index (χ1n) is 7.84. The van der Waals surface area contributed by atoms with E-state index in [0.29, 0.717) is 0 Å². The van der Waals surface area contributed by atoms with Gasteiger partial charge in [-0.15, -0.1) is 0 Å². The molecule has 2 aliphatic rings. The highest BCUT2D eigenvalue weighted by molar-refractivity contribution is 5.78. The van der Waals surface area contributed by atoms with Crippen molar-refractivity contribution in [2.75, 3.05) is 26.2 Å². The Bertz CT molecular complexity index is 494. The quantitative estimate of drug-likeness (QED) is 0.766. The van der Waals surface area contributed by atoms with E-state index in [9.17, 15) is 4.79 Å². The van der Waals surface area contributed by atoms with Crippen molar-refractivity contribution in [2.45, 2.75) is 45.5 Å². The molecular formula is C15H24N4O2. The van der Waals surface area contributed by atoms with E-state index in [1.807, 2.05) is 19.3 Å². The van der Waals surface area contributed by atoms with E-state index in [4.69, 9.17) is 4.74 Å². The molecule has 2 saturated heterocycles. The summed E-state index contributed by atoms with van der Waals surface area (Å²) in [6.07, 6.45) is 4.79. The Morgan fingerprint density at radius 3 is 2.71 bits per heavy atom. The van der Waals surface area contributed by atoms with Crippen LogP contribution in [0.1, 0.15) is 26.1 Å². The molecule has 0 aromatic carbocycles. The number of carbonyl (C=O) groups excluding carboxylic acids is 1. The van der Waals surface area contributed by atoms with Gasteiger partial charge in [0.25, 0.3) is 0 Å². The first kappa shape index (κ1) is 14.5. The molecule has 3 rings (SSSR count). The molecule has 2 fully saturated rings. The third-order valence-corrected chi connectivity index (χ3v) is 4.50. The Labute approximate surface area is 125 Å². The van der Waals surface area contributed by atoms with E-state index in [1.54, 1.807) is 0 Å². The SMILES string of the molecule is CCn1ccnc1CN1CCN(C2CC(C)OC2=O)CC1. The van der Waals surface area contributed by atoms with Gasteiger partial charge in [0, 0.05) is 51.5 Å². The van der Waals surface area contributed by atoms with Crippen molar-refractivity contribution in [2.24, 2.45) is 0 Å². The summed E-state index contributed by atoms with van der Waals surface area (Å²) in [5.74, 6) is 1.08. The first-order valence-corrected chi connectivity index (χ1v) is 7.84. The number of esters is 1. The minimum atomic E-state index is -0.0440. The molecule has 2 aliphatic heterocycles. The summed E-state index contributed by atoms with van der Waals surface area (Å²) in [4.78, 5) is 20.9. The molecule has 0 N–H and O–H groups in total. The second-order valence-corrected chi connectivity index (χ2v) is 5.94. The second-order valence-electron chi connectivity index (χ2n) is 5.94. The predicted molar refractivity (Wildman–Crippen MR) is 78.7 cm³/mol. The number of nitrogens with zero attached hydrogens (tertiary/aromatic N) is 4. The van der Waals surface area contributed by atoms with Gasteiger partial charge in [0.1, 0.15) is 18.0 Å². The van der Waals surface area contributed by atoms with Crippen LogP contribution in [0.2, 0.25) is 0 Å². The van der Waals surface area contributed by atoms with Crippen LogP contribution in [-0.4, -0.2) is 63.6 Å². The van der Waals surface area contributed by atoms with Gasteiger partial charge in [-0.05, 0) is 13.8 Å². The van der Waals surface area contributed by atoms with Crippen molar-refractivity contribution in [3.05, 3.63) is 18.2 Å². The minimum absolute atomic E-state index is 0.0280. The molecule has 0 amide bonds. The lowest BCUT2D eigenvalue weighted by molar-refractivity contribution is -0.145. The third kappa shape index (κ3) is 3.11. The number of aromatic nitrogens is 2. The van der Waals surface area contributed by atoms with Gasteiger partial charge in [-0.2, -0.15) is 0 Å². The van der Waals surface area contributed by atoms with Crippen LogP contribution >= 0.6 is 0 Å². The number of rotatable bonds is 4.